The van der Waals surface area contributed by atoms with Crippen molar-refractivity contribution in [2.24, 2.45) is 0 Å². The second-order valence-corrected chi connectivity index (χ2v) is 5.84. The molecular formula is C16H22N2O. The number of nitrogens with zero attached hydrogens (tertiary/aromatic N) is 2. The minimum absolute atomic E-state index is 0.158. The third-order valence-corrected chi connectivity index (χ3v) is 3.10. The summed E-state index contributed by atoms with van der Waals surface area (Å²) in [5.41, 5.74) is 2.45. The number of hydrogen-bond acceptors (Lipinski definition) is 2. The Morgan fingerprint density at radius 1 is 1.16 bits per heavy atom. The van der Waals surface area contributed by atoms with Crippen molar-refractivity contribution in [2.75, 3.05) is 0 Å². The molecule has 1 heterocycles. The summed E-state index contributed by atoms with van der Waals surface area (Å²) in [5.74, 6) is 0.322. The van der Waals surface area contributed by atoms with E-state index < -0.39 is 0 Å². The van der Waals surface area contributed by atoms with Crippen molar-refractivity contribution in [3.8, 4) is 17.0 Å². The summed E-state index contributed by atoms with van der Waals surface area (Å²) in [6.45, 7) is 8.39. The van der Waals surface area contributed by atoms with Crippen molar-refractivity contribution in [1.82, 2.24) is 9.78 Å². The van der Waals surface area contributed by atoms with Crippen LogP contribution in [-0.4, -0.2) is 14.9 Å². The predicted octanol–water partition coefficient (Wildman–Crippen LogP) is 3.96. The fraction of sp³-hybridized carbons (Fsp3) is 0.438. The Morgan fingerprint density at radius 2 is 1.79 bits per heavy atom. The van der Waals surface area contributed by atoms with Gasteiger partial charge < -0.3 is 5.11 Å². The number of benzene rings is 1. The van der Waals surface area contributed by atoms with Gasteiger partial charge in [-0.15, -0.1) is 0 Å². The Kier molecular flexibility index (Phi) is 3.65. The van der Waals surface area contributed by atoms with Gasteiger partial charge in [0.05, 0.1) is 5.54 Å². The van der Waals surface area contributed by atoms with Gasteiger partial charge in [-0.25, -0.2) is 0 Å². The third kappa shape index (κ3) is 2.65. The number of aromatic nitrogens is 2. The van der Waals surface area contributed by atoms with Crippen molar-refractivity contribution in [3.05, 3.63) is 36.0 Å². The second kappa shape index (κ2) is 5.08. The van der Waals surface area contributed by atoms with E-state index in [9.17, 15) is 5.11 Å². The minimum Gasteiger partial charge on any atom is -0.504 e. The van der Waals surface area contributed by atoms with Crippen LogP contribution in [0.25, 0.3) is 11.3 Å². The number of aryl methyl sites for hydroxylation is 1. The Bertz CT molecular complexity index is 550. The van der Waals surface area contributed by atoms with Gasteiger partial charge in [0.15, 0.2) is 5.75 Å². The van der Waals surface area contributed by atoms with Crippen LogP contribution in [0.4, 0.5) is 0 Å². The Hall–Kier alpha value is -1.77. The van der Waals surface area contributed by atoms with E-state index in [0.29, 0.717) is 5.75 Å². The Labute approximate surface area is 114 Å². The highest BCUT2D eigenvalue weighted by atomic mass is 16.3. The predicted molar refractivity (Wildman–Crippen MR) is 78.3 cm³/mol. The lowest BCUT2D eigenvalue weighted by molar-refractivity contribution is 0.356. The van der Waals surface area contributed by atoms with Gasteiger partial charge in [-0.3, -0.25) is 4.68 Å². The van der Waals surface area contributed by atoms with Gasteiger partial charge in [-0.2, -0.15) is 5.10 Å². The topological polar surface area (TPSA) is 38.0 Å². The zero-order chi connectivity index (χ0) is 14.0. The molecule has 102 valence electrons. The Balaban J connectivity index is 2.64. The molecule has 3 heteroatoms. The second-order valence-electron chi connectivity index (χ2n) is 5.84. The molecule has 0 spiro atoms. The molecule has 0 atom stereocenters. The first-order valence-corrected chi connectivity index (χ1v) is 6.82. The molecule has 2 aromatic rings. The zero-order valence-electron chi connectivity index (χ0n) is 12.1. The van der Waals surface area contributed by atoms with Crippen molar-refractivity contribution >= 4 is 0 Å². The molecule has 2 rings (SSSR count). The molecule has 0 radical (unpaired) electrons. The van der Waals surface area contributed by atoms with Crippen LogP contribution in [0.3, 0.4) is 0 Å². The van der Waals surface area contributed by atoms with Crippen LogP contribution in [0.15, 0.2) is 30.3 Å². The lowest BCUT2D eigenvalue weighted by Crippen LogP contribution is -2.24. The standard InChI is InChI=1S/C16H22N2O/c1-5-9-13-15(19)14(12-10-7-6-8-11-12)18(17-13)16(2,3)4/h6-8,10-11,19H,5,9H2,1-4H3. The maximum Gasteiger partial charge on any atom is 0.164 e. The van der Waals surface area contributed by atoms with Crippen LogP contribution in [0, 0.1) is 0 Å². The van der Waals surface area contributed by atoms with Gasteiger partial charge >= 0.3 is 0 Å². The fourth-order valence-electron chi connectivity index (χ4n) is 2.20. The molecule has 1 aromatic carbocycles. The van der Waals surface area contributed by atoms with Crippen molar-refractivity contribution in [3.63, 3.8) is 0 Å². The minimum atomic E-state index is -0.158. The molecular weight excluding hydrogens is 236 g/mol. The van der Waals surface area contributed by atoms with Crippen LogP contribution in [0.2, 0.25) is 0 Å². The Morgan fingerprint density at radius 3 is 2.32 bits per heavy atom. The summed E-state index contributed by atoms with van der Waals surface area (Å²) in [5, 5.41) is 15.1. The average Bonchev–Trinajstić information content (AvgIpc) is 2.69. The number of aromatic hydroxyl groups is 1. The summed E-state index contributed by atoms with van der Waals surface area (Å²) >= 11 is 0. The van der Waals surface area contributed by atoms with Crippen LogP contribution in [-0.2, 0) is 12.0 Å². The van der Waals surface area contributed by atoms with E-state index in [4.69, 9.17) is 0 Å². The van der Waals surface area contributed by atoms with Gasteiger partial charge in [0.25, 0.3) is 0 Å². The number of hydrogen-bond donors (Lipinski definition) is 1. The van der Waals surface area contributed by atoms with E-state index in [0.717, 1.165) is 29.8 Å². The molecule has 0 saturated carbocycles. The quantitative estimate of drug-likeness (QED) is 0.904. The first-order chi connectivity index (χ1) is 8.95. The van der Waals surface area contributed by atoms with Gasteiger partial charge in [0.1, 0.15) is 11.4 Å². The zero-order valence-corrected chi connectivity index (χ0v) is 12.1. The lowest BCUT2D eigenvalue weighted by atomic mass is 10.1. The van der Waals surface area contributed by atoms with Crippen LogP contribution in [0.5, 0.6) is 5.75 Å². The summed E-state index contributed by atoms with van der Waals surface area (Å²) < 4.78 is 1.93. The molecule has 1 aromatic heterocycles. The molecule has 1 N–H and O–H groups in total. The molecule has 0 aliphatic rings. The highest BCUT2D eigenvalue weighted by Crippen LogP contribution is 2.36. The molecule has 0 fully saturated rings. The molecule has 19 heavy (non-hydrogen) atoms. The van der Waals surface area contributed by atoms with E-state index in [1.54, 1.807) is 0 Å². The fourth-order valence-corrected chi connectivity index (χ4v) is 2.20. The summed E-state index contributed by atoms with van der Waals surface area (Å²) in [4.78, 5) is 0. The lowest BCUT2D eigenvalue weighted by Gasteiger charge is -2.22. The van der Waals surface area contributed by atoms with Crippen molar-refractivity contribution < 1.29 is 5.11 Å². The van der Waals surface area contributed by atoms with Crippen LogP contribution >= 0.6 is 0 Å². The molecule has 3 nitrogen and oxygen atoms in total. The molecule has 0 aliphatic heterocycles. The van der Waals surface area contributed by atoms with Crippen LogP contribution < -0.4 is 0 Å². The van der Waals surface area contributed by atoms with Gasteiger partial charge in [0, 0.05) is 5.56 Å². The summed E-state index contributed by atoms with van der Waals surface area (Å²) in [6, 6.07) is 9.96. The van der Waals surface area contributed by atoms with Crippen molar-refractivity contribution in [1.29, 1.82) is 0 Å². The molecule has 0 amide bonds. The summed E-state index contributed by atoms with van der Waals surface area (Å²) in [7, 11) is 0. The number of rotatable bonds is 3. The average molecular weight is 258 g/mol. The molecule has 0 bridgehead atoms. The SMILES string of the molecule is CCCc1nn(C(C)(C)C)c(-c2ccccc2)c1O. The third-order valence-electron chi connectivity index (χ3n) is 3.10. The largest absolute Gasteiger partial charge is 0.504 e. The maximum absolute atomic E-state index is 10.5. The normalized spacial score (nSPS) is 11.8. The van der Waals surface area contributed by atoms with Gasteiger partial charge in [-0.05, 0) is 27.2 Å². The van der Waals surface area contributed by atoms with E-state index in [-0.39, 0.29) is 5.54 Å². The highest BCUT2D eigenvalue weighted by molar-refractivity contribution is 5.68. The van der Waals surface area contributed by atoms with Gasteiger partial charge in [0.2, 0.25) is 0 Å². The van der Waals surface area contributed by atoms with Gasteiger partial charge in [-0.1, -0.05) is 43.7 Å². The molecule has 0 aliphatic carbocycles. The van der Waals surface area contributed by atoms with E-state index in [1.807, 2.05) is 35.0 Å². The maximum atomic E-state index is 10.5. The highest BCUT2D eigenvalue weighted by Gasteiger charge is 2.25. The van der Waals surface area contributed by atoms with E-state index in [2.05, 4.69) is 32.8 Å². The van der Waals surface area contributed by atoms with Crippen molar-refractivity contribution in [2.45, 2.75) is 46.1 Å². The first-order valence-electron chi connectivity index (χ1n) is 6.82. The van der Waals surface area contributed by atoms with E-state index >= 15 is 0 Å². The smallest absolute Gasteiger partial charge is 0.164 e. The summed E-state index contributed by atoms with van der Waals surface area (Å²) in [6.07, 6.45) is 1.78. The van der Waals surface area contributed by atoms with E-state index in [1.165, 1.54) is 0 Å². The molecule has 0 unspecified atom stereocenters. The molecule has 0 saturated heterocycles. The first kappa shape index (κ1) is 13.7. The monoisotopic (exact) mass is 258 g/mol. The van der Waals surface area contributed by atoms with Crippen LogP contribution in [0.1, 0.15) is 39.8 Å².